The summed E-state index contributed by atoms with van der Waals surface area (Å²) < 4.78 is 0. The lowest BCUT2D eigenvalue weighted by atomic mass is 10.1. The normalized spacial score (nSPS) is 10.5. The molecule has 0 atom stereocenters. The number of hydrogen-bond acceptors (Lipinski definition) is 3. The second-order valence-corrected chi connectivity index (χ2v) is 6.29. The topological polar surface area (TPSA) is 92.1 Å². The lowest BCUT2D eigenvalue weighted by molar-refractivity contribution is -0.118. The predicted molar refractivity (Wildman–Crippen MR) is 104 cm³/mol. The van der Waals surface area contributed by atoms with Crippen molar-refractivity contribution >= 4 is 11.8 Å². The Morgan fingerprint density at radius 1 is 0.963 bits per heavy atom. The smallest absolute Gasteiger partial charge is 0.253 e. The Bertz CT molecular complexity index is 874. The van der Waals surface area contributed by atoms with Crippen molar-refractivity contribution in [3.8, 4) is 11.3 Å². The van der Waals surface area contributed by atoms with Gasteiger partial charge in [0.05, 0.1) is 5.69 Å². The van der Waals surface area contributed by atoms with Gasteiger partial charge in [0.1, 0.15) is 0 Å². The lowest BCUT2D eigenvalue weighted by Crippen LogP contribution is -2.35. The molecule has 27 heavy (non-hydrogen) atoms. The van der Waals surface area contributed by atoms with Crippen LogP contribution in [0, 0.1) is 0 Å². The van der Waals surface area contributed by atoms with Gasteiger partial charge in [-0.15, -0.1) is 0 Å². The molecule has 2 amide bonds. The molecule has 1 heterocycles. The van der Waals surface area contributed by atoms with Crippen molar-refractivity contribution in [3.05, 3.63) is 78.0 Å². The summed E-state index contributed by atoms with van der Waals surface area (Å²) in [6.07, 6.45) is 2.55. The molecule has 0 unspecified atom stereocenters. The van der Waals surface area contributed by atoms with E-state index in [1.165, 1.54) is 0 Å². The third-order valence-electron chi connectivity index (χ3n) is 4.37. The molecule has 0 aliphatic carbocycles. The minimum atomic E-state index is -0.415. The van der Waals surface area contributed by atoms with Gasteiger partial charge in [-0.3, -0.25) is 14.7 Å². The molecule has 0 fully saturated rings. The number of carbonyl (C=O) groups excluding carboxylic acids is 2. The first-order valence-electron chi connectivity index (χ1n) is 8.85. The number of amides is 2. The number of rotatable bonds is 8. The molecule has 0 aliphatic heterocycles. The van der Waals surface area contributed by atoms with Gasteiger partial charge in [-0.05, 0) is 35.7 Å². The van der Waals surface area contributed by atoms with Gasteiger partial charge in [-0.1, -0.05) is 42.5 Å². The molecule has 0 bridgehead atoms. The second-order valence-electron chi connectivity index (χ2n) is 6.29. The molecule has 0 aliphatic rings. The van der Waals surface area contributed by atoms with Gasteiger partial charge in [0.25, 0.3) is 5.91 Å². The van der Waals surface area contributed by atoms with Gasteiger partial charge in [0.2, 0.25) is 5.91 Å². The second kappa shape index (κ2) is 8.80. The van der Waals surface area contributed by atoms with Crippen molar-refractivity contribution in [1.29, 1.82) is 0 Å². The average molecular weight is 362 g/mol. The SMILES string of the molecule is NC(=O)CCN(CCc1ccccc1)C(=O)c1ccc(-c2ccn[nH]2)cc1. The van der Waals surface area contributed by atoms with E-state index in [2.05, 4.69) is 10.2 Å². The highest BCUT2D eigenvalue weighted by atomic mass is 16.2. The maximum atomic E-state index is 12.9. The summed E-state index contributed by atoms with van der Waals surface area (Å²) in [6.45, 7) is 0.835. The molecule has 3 aromatic rings. The summed E-state index contributed by atoms with van der Waals surface area (Å²) in [5, 5.41) is 6.83. The fraction of sp³-hybridized carbons (Fsp3) is 0.190. The van der Waals surface area contributed by atoms with E-state index in [4.69, 9.17) is 5.73 Å². The van der Waals surface area contributed by atoms with Crippen molar-refractivity contribution in [3.63, 3.8) is 0 Å². The standard InChI is InChI=1S/C21H22N4O2/c22-20(26)12-15-25(14-11-16-4-2-1-3-5-16)21(27)18-8-6-17(7-9-18)19-10-13-23-24-19/h1-10,13H,11-12,14-15H2,(H2,22,26)(H,23,24). The molecule has 2 aromatic carbocycles. The van der Waals surface area contributed by atoms with E-state index >= 15 is 0 Å². The van der Waals surface area contributed by atoms with E-state index in [1.807, 2.05) is 48.5 Å². The molecule has 0 spiro atoms. The van der Waals surface area contributed by atoms with Crippen LogP contribution in [0.15, 0.2) is 66.9 Å². The molecular formula is C21H22N4O2. The molecule has 3 N–H and O–H groups in total. The molecule has 0 saturated heterocycles. The molecule has 6 heteroatoms. The molecule has 1 aromatic heterocycles. The van der Waals surface area contributed by atoms with E-state index in [0.717, 1.165) is 23.2 Å². The average Bonchev–Trinajstić information content (AvgIpc) is 3.23. The molecular weight excluding hydrogens is 340 g/mol. The number of nitrogens with zero attached hydrogens (tertiary/aromatic N) is 2. The minimum Gasteiger partial charge on any atom is -0.370 e. The van der Waals surface area contributed by atoms with Crippen LogP contribution in [-0.2, 0) is 11.2 Å². The van der Waals surface area contributed by atoms with Gasteiger partial charge in [-0.2, -0.15) is 5.10 Å². The van der Waals surface area contributed by atoms with Crippen LogP contribution in [0.25, 0.3) is 11.3 Å². The number of primary amides is 1. The van der Waals surface area contributed by atoms with Crippen molar-refractivity contribution in [2.75, 3.05) is 13.1 Å². The first-order chi connectivity index (χ1) is 13.1. The first kappa shape index (κ1) is 18.4. The maximum Gasteiger partial charge on any atom is 0.253 e. The van der Waals surface area contributed by atoms with Crippen molar-refractivity contribution in [2.24, 2.45) is 5.73 Å². The van der Waals surface area contributed by atoms with Gasteiger partial charge in [0.15, 0.2) is 0 Å². The third kappa shape index (κ3) is 5.04. The Morgan fingerprint density at radius 3 is 2.33 bits per heavy atom. The first-order valence-corrected chi connectivity index (χ1v) is 8.85. The quantitative estimate of drug-likeness (QED) is 0.645. The highest BCUT2D eigenvalue weighted by molar-refractivity contribution is 5.95. The Hall–Kier alpha value is -3.41. The van der Waals surface area contributed by atoms with Crippen LogP contribution < -0.4 is 5.73 Å². The monoisotopic (exact) mass is 362 g/mol. The summed E-state index contributed by atoms with van der Waals surface area (Å²) in [6, 6.07) is 19.2. The van der Waals surface area contributed by atoms with Gasteiger partial charge in [0, 0.05) is 31.3 Å². The summed E-state index contributed by atoms with van der Waals surface area (Å²) in [4.78, 5) is 25.8. The zero-order valence-electron chi connectivity index (χ0n) is 15.0. The van der Waals surface area contributed by atoms with Gasteiger partial charge in [-0.25, -0.2) is 0 Å². The van der Waals surface area contributed by atoms with E-state index in [-0.39, 0.29) is 12.3 Å². The van der Waals surface area contributed by atoms with Crippen LogP contribution in [0.3, 0.4) is 0 Å². The molecule has 138 valence electrons. The van der Waals surface area contributed by atoms with E-state index in [9.17, 15) is 9.59 Å². The highest BCUT2D eigenvalue weighted by Gasteiger charge is 2.16. The zero-order chi connectivity index (χ0) is 19.1. The van der Waals surface area contributed by atoms with Crippen LogP contribution >= 0.6 is 0 Å². The fourth-order valence-electron chi connectivity index (χ4n) is 2.86. The maximum absolute atomic E-state index is 12.9. The number of aromatic nitrogens is 2. The number of nitrogens with two attached hydrogens (primary N) is 1. The number of hydrogen-bond donors (Lipinski definition) is 2. The number of H-pyrrole nitrogens is 1. The number of aromatic amines is 1. The van der Waals surface area contributed by atoms with E-state index < -0.39 is 5.91 Å². The number of carbonyl (C=O) groups is 2. The van der Waals surface area contributed by atoms with Crippen LogP contribution in [0.5, 0.6) is 0 Å². The lowest BCUT2D eigenvalue weighted by Gasteiger charge is -2.22. The van der Waals surface area contributed by atoms with Gasteiger partial charge >= 0.3 is 0 Å². The molecule has 0 saturated carbocycles. The largest absolute Gasteiger partial charge is 0.370 e. The Kier molecular flexibility index (Phi) is 5.99. The number of nitrogens with one attached hydrogen (secondary N) is 1. The Balaban J connectivity index is 1.71. The van der Waals surface area contributed by atoms with Crippen molar-refractivity contribution in [2.45, 2.75) is 12.8 Å². The summed E-state index contributed by atoms with van der Waals surface area (Å²) in [5.74, 6) is -0.523. The highest BCUT2D eigenvalue weighted by Crippen LogP contribution is 2.18. The summed E-state index contributed by atoms with van der Waals surface area (Å²) >= 11 is 0. The van der Waals surface area contributed by atoms with Gasteiger partial charge < -0.3 is 10.6 Å². The Labute approximate surface area is 158 Å². The summed E-state index contributed by atoms with van der Waals surface area (Å²) in [7, 11) is 0. The van der Waals surface area contributed by atoms with Crippen LogP contribution in [-0.4, -0.2) is 40.0 Å². The van der Waals surface area contributed by atoms with Crippen LogP contribution in [0.4, 0.5) is 0 Å². The fourth-order valence-corrected chi connectivity index (χ4v) is 2.86. The molecule has 3 rings (SSSR count). The molecule has 6 nitrogen and oxygen atoms in total. The van der Waals surface area contributed by atoms with E-state index in [1.54, 1.807) is 23.2 Å². The zero-order valence-corrected chi connectivity index (χ0v) is 15.0. The molecule has 0 radical (unpaired) electrons. The van der Waals surface area contributed by atoms with Crippen LogP contribution in [0.2, 0.25) is 0 Å². The third-order valence-corrected chi connectivity index (χ3v) is 4.37. The number of benzene rings is 2. The van der Waals surface area contributed by atoms with Crippen LogP contribution in [0.1, 0.15) is 22.3 Å². The summed E-state index contributed by atoms with van der Waals surface area (Å²) in [5.41, 5.74) is 8.84. The minimum absolute atomic E-state index is 0.108. The van der Waals surface area contributed by atoms with Crippen molar-refractivity contribution in [1.82, 2.24) is 15.1 Å². The van der Waals surface area contributed by atoms with E-state index in [0.29, 0.717) is 18.7 Å². The predicted octanol–water partition coefficient (Wildman–Crippen LogP) is 2.64. The van der Waals surface area contributed by atoms with Crippen molar-refractivity contribution < 1.29 is 9.59 Å². The Morgan fingerprint density at radius 2 is 1.70 bits per heavy atom.